The monoisotopic (exact) mass is 508 g/mol. The number of hydrogen-bond donors (Lipinski definition) is 1. The van der Waals surface area contributed by atoms with Crippen molar-refractivity contribution in [2.75, 3.05) is 18.4 Å². The van der Waals surface area contributed by atoms with Crippen molar-refractivity contribution >= 4 is 51.3 Å². The van der Waals surface area contributed by atoms with E-state index in [1.54, 1.807) is 10.3 Å². The minimum Gasteiger partial charge on any atom is -0.338 e. The molecule has 1 aliphatic rings. The molecule has 0 saturated carbocycles. The average Bonchev–Trinajstić information content (AvgIpc) is 3.35. The molecule has 0 radical (unpaired) electrons. The lowest BCUT2D eigenvalue weighted by atomic mass is 9.97. The number of likely N-dealkylation sites (tertiary alicyclic amines) is 1. The molecule has 2 aromatic heterocycles. The lowest BCUT2D eigenvalue weighted by molar-refractivity contribution is 0.0708. The molecule has 2 amide bonds. The van der Waals surface area contributed by atoms with Crippen molar-refractivity contribution in [1.82, 2.24) is 14.9 Å². The van der Waals surface area contributed by atoms with Crippen LogP contribution in [0.15, 0.2) is 53.9 Å². The van der Waals surface area contributed by atoms with Gasteiger partial charge in [-0.2, -0.15) is 0 Å². The number of pyridine rings is 1. The number of carbonyl (C=O) groups excluding carboxylic acids is 2. The zero-order valence-corrected chi connectivity index (χ0v) is 20.5. The Bertz CT molecular complexity index is 1410. The zero-order valence-electron chi connectivity index (χ0n) is 18.9. The standard InChI is InChI=1S/C26H22ClFN4O2S/c1-15-5-6-17-13-18(7-8-21(17)29-15)30-24(33)22-14-35-25(31-22)16-9-11-32(12-10-16)26(34)23-19(27)3-2-4-20(23)28/h2-8,13-14,16H,9-12H2,1H3,(H,30,33). The highest BCUT2D eigenvalue weighted by molar-refractivity contribution is 7.10. The number of piperidine rings is 1. The molecule has 1 N–H and O–H groups in total. The smallest absolute Gasteiger partial charge is 0.275 e. The summed E-state index contributed by atoms with van der Waals surface area (Å²) in [7, 11) is 0. The second-order valence-electron chi connectivity index (χ2n) is 8.55. The van der Waals surface area contributed by atoms with Crippen molar-refractivity contribution in [1.29, 1.82) is 0 Å². The summed E-state index contributed by atoms with van der Waals surface area (Å²) in [4.78, 5) is 36.2. The van der Waals surface area contributed by atoms with Crippen molar-refractivity contribution in [2.45, 2.75) is 25.7 Å². The SMILES string of the molecule is Cc1ccc2cc(NC(=O)c3csc(C4CCN(C(=O)c5c(F)cccc5Cl)CC4)n3)ccc2n1. The van der Waals surface area contributed by atoms with Gasteiger partial charge in [0.05, 0.1) is 21.1 Å². The highest BCUT2D eigenvalue weighted by atomic mass is 35.5. The molecular weight excluding hydrogens is 487 g/mol. The second-order valence-corrected chi connectivity index (χ2v) is 9.85. The third-order valence-corrected chi connectivity index (χ3v) is 7.47. The molecule has 3 heterocycles. The first kappa shape index (κ1) is 23.4. The highest BCUT2D eigenvalue weighted by Crippen LogP contribution is 2.32. The number of aryl methyl sites for hydroxylation is 1. The maximum atomic E-state index is 14.1. The normalized spacial score (nSPS) is 14.3. The van der Waals surface area contributed by atoms with Gasteiger partial charge in [0, 0.05) is 41.2 Å². The van der Waals surface area contributed by atoms with Gasteiger partial charge in [0.25, 0.3) is 11.8 Å². The summed E-state index contributed by atoms with van der Waals surface area (Å²) in [5.74, 6) is -1.14. The number of thiazole rings is 1. The van der Waals surface area contributed by atoms with Gasteiger partial charge in [0.2, 0.25) is 0 Å². The number of halogens is 2. The van der Waals surface area contributed by atoms with Crippen LogP contribution in [-0.2, 0) is 0 Å². The van der Waals surface area contributed by atoms with Crippen LogP contribution in [0.3, 0.4) is 0 Å². The topological polar surface area (TPSA) is 75.2 Å². The second kappa shape index (κ2) is 9.71. The number of benzene rings is 2. The molecule has 178 valence electrons. The molecule has 5 rings (SSSR count). The zero-order chi connectivity index (χ0) is 24.5. The summed E-state index contributed by atoms with van der Waals surface area (Å²) in [6, 6.07) is 13.8. The van der Waals surface area contributed by atoms with E-state index in [0.717, 1.165) is 21.6 Å². The lowest BCUT2D eigenvalue weighted by Crippen LogP contribution is -2.38. The number of amides is 2. The van der Waals surface area contributed by atoms with E-state index in [9.17, 15) is 14.0 Å². The molecule has 0 aliphatic carbocycles. The van der Waals surface area contributed by atoms with E-state index in [2.05, 4.69) is 15.3 Å². The summed E-state index contributed by atoms with van der Waals surface area (Å²) < 4.78 is 14.1. The van der Waals surface area contributed by atoms with Gasteiger partial charge in [-0.15, -0.1) is 11.3 Å². The molecule has 35 heavy (non-hydrogen) atoms. The number of fused-ring (bicyclic) bond motifs is 1. The van der Waals surface area contributed by atoms with Crippen LogP contribution in [0.25, 0.3) is 10.9 Å². The van der Waals surface area contributed by atoms with Crippen LogP contribution >= 0.6 is 22.9 Å². The maximum absolute atomic E-state index is 14.1. The summed E-state index contributed by atoms with van der Waals surface area (Å²) >= 11 is 7.50. The van der Waals surface area contributed by atoms with Crippen LogP contribution in [0, 0.1) is 12.7 Å². The number of nitrogens with one attached hydrogen (secondary N) is 1. The first-order chi connectivity index (χ1) is 16.9. The van der Waals surface area contributed by atoms with E-state index in [4.69, 9.17) is 11.6 Å². The Labute approximate surface area is 210 Å². The molecule has 6 nitrogen and oxygen atoms in total. The van der Waals surface area contributed by atoms with Crippen LogP contribution in [0.5, 0.6) is 0 Å². The predicted molar refractivity (Wildman–Crippen MR) is 136 cm³/mol. The van der Waals surface area contributed by atoms with Crippen molar-refractivity contribution in [2.24, 2.45) is 0 Å². The summed E-state index contributed by atoms with van der Waals surface area (Å²) in [6.07, 6.45) is 1.37. The summed E-state index contributed by atoms with van der Waals surface area (Å²) in [5, 5.41) is 6.60. The van der Waals surface area contributed by atoms with Gasteiger partial charge >= 0.3 is 0 Å². The molecule has 1 aliphatic heterocycles. The Morgan fingerprint density at radius 2 is 1.91 bits per heavy atom. The van der Waals surface area contributed by atoms with Gasteiger partial charge < -0.3 is 10.2 Å². The molecule has 2 aromatic carbocycles. The van der Waals surface area contributed by atoms with Crippen LogP contribution in [0.1, 0.15) is 50.3 Å². The van der Waals surface area contributed by atoms with E-state index < -0.39 is 11.7 Å². The highest BCUT2D eigenvalue weighted by Gasteiger charge is 2.29. The predicted octanol–water partition coefficient (Wildman–Crippen LogP) is 6.06. The van der Waals surface area contributed by atoms with Gasteiger partial charge in [0.15, 0.2) is 0 Å². The molecular formula is C26H22ClFN4O2S. The van der Waals surface area contributed by atoms with Gasteiger partial charge in [-0.1, -0.05) is 23.7 Å². The fourth-order valence-electron chi connectivity index (χ4n) is 4.27. The van der Waals surface area contributed by atoms with Crippen LogP contribution in [0.4, 0.5) is 10.1 Å². The first-order valence-electron chi connectivity index (χ1n) is 11.3. The minimum atomic E-state index is -0.613. The fraction of sp³-hybridized carbons (Fsp3) is 0.231. The quantitative estimate of drug-likeness (QED) is 0.363. The van der Waals surface area contributed by atoms with E-state index >= 15 is 0 Å². The number of carbonyl (C=O) groups is 2. The molecule has 0 bridgehead atoms. The number of aromatic nitrogens is 2. The largest absolute Gasteiger partial charge is 0.338 e. The molecule has 0 unspecified atom stereocenters. The Morgan fingerprint density at radius 3 is 2.69 bits per heavy atom. The van der Waals surface area contributed by atoms with E-state index in [1.807, 2.05) is 37.3 Å². The molecule has 0 atom stereocenters. The van der Waals surface area contributed by atoms with E-state index in [1.165, 1.54) is 29.5 Å². The average molecular weight is 509 g/mol. The van der Waals surface area contributed by atoms with Crippen molar-refractivity contribution < 1.29 is 14.0 Å². The van der Waals surface area contributed by atoms with Crippen LogP contribution in [-0.4, -0.2) is 39.8 Å². The Balaban J connectivity index is 1.22. The maximum Gasteiger partial charge on any atom is 0.275 e. The molecule has 0 spiro atoms. The molecule has 1 saturated heterocycles. The lowest BCUT2D eigenvalue weighted by Gasteiger charge is -2.31. The number of nitrogens with zero attached hydrogens (tertiary/aromatic N) is 3. The molecule has 1 fully saturated rings. The third-order valence-electron chi connectivity index (χ3n) is 6.15. The Kier molecular flexibility index (Phi) is 6.49. The third kappa shape index (κ3) is 4.90. The van der Waals surface area contributed by atoms with Crippen LogP contribution < -0.4 is 5.32 Å². The number of anilines is 1. The van der Waals surface area contributed by atoms with Gasteiger partial charge in [0.1, 0.15) is 11.5 Å². The van der Waals surface area contributed by atoms with Crippen molar-refractivity contribution in [3.63, 3.8) is 0 Å². The molecule has 9 heteroatoms. The van der Waals surface area contributed by atoms with Gasteiger partial charge in [-0.25, -0.2) is 9.37 Å². The van der Waals surface area contributed by atoms with Crippen molar-refractivity contribution in [3.05, 3.63) is 86.7 Å². The van der Waals surface area contributed by atoms with Gasteiger partial charge in [-0.05, 0) is 56.2 Å². The van der Waals surface area contributed by atoms with Crippen LogP contribution in [0.2, 0.25) is 5.02 Å². The summed E-state index contributed by atoms with van der Waals surface area (Å²) in [6.45, 7) is 2.88. The number of hydrogen-bond acceptors (Lipinski definition) is 5. The first-order valence-corrected chi connectivity index (χ1v) is 12.5. The van der Waals surface area contributed by atoms with Gasteiger partial charge in [-0.3, -0.25) is 14.6 Å². The fourth-order valence-corrected chi connectivity index (χ4v) is 5.48. The minimum absolute atomic E-state index is 0.0829. The van der Waals surface area contributed by atoms with E-state index in [0.29, 0.717) is 37.3 Å². The van der Waals surface area contributed by atoms with E-state index in [-0.39, 0.29) is 22.4 Å². The molecule has 4 aromatic rings. The number of rotatable bonds is 4. The summed E-state index contributed by atoms with van der Waals surface area (Å²) in [5.41, 5.74) is 2.78. The Morgan fingerprint density at radius 1 is 1.11 bits per heavy atom. The van der Waals surface area contributed by atoms with Crippen molar-refractivity contribution in [3.8, 4) is 0 Å². The Hall–Kier alpha value is -3.36.